The number of aryl methyl sites for hydroxylation is 2. The van der Waals surface area contributed by atoms with Gasteiger partial charge in [0.25, 0.3) is 0 Å². The van der Waals surface area contributed by atoms with Crippen molar-refractivity contribution < 1.29 is 32.3 Å². The second-order valence-corrected chi connectivity index (χ2v) is 10.4. The Bertz CT molecular complexity index is 1350. The summed E-state index contributed by atoms with van der Waals surface area (Å²) in [6, 6.07) is 8.57. The molecule has 1 aliphatic rings. The number of amides is 3. The number of benzene rings is 1. The molecule has 1 aromatic carbocycles. The molecule has 3 heterocycles. The lowest BCUT2D eigenvalue weighted by Crippen LogP contribution is -2.40. The number of nitrogens with zero attached hydrogens (tertiary/aromatic N) is 5. The zero-order valence-electron chi connectivity index (χ0n) is 21.9. The first-order valence-corrected chi connectivity index (χ1v) is 13.8. The van der Waals surface area contributed by atoms with E-state index < -0.39 is 18.0 Å². The van der Waals surface area contributed by atoms with Crippen LogP contribution in [0.3, 0.4) is 0 Å². The maximum Gasteiger partial charge on any atom is 0.573 e. The van der Waals surface area contributed by atoms with Crippen LogP contribution in [-0.2, 0) is 33.6 Å². The summed E-state index contributed by atoms with van der Waals surface area (Å²) in [5.41, 5.74) is 1.09. The van der Waals surface area contributed by atoms with E-state index in [0.717, 1.165) is 48.5 Å². The molecule has 2 N–H and O–H groups in total. The van der Waals surface area contributed by atoms with E-state index in [4.69, 9.17) is 0 Å². The number of carbonyl (C=O) groups excluding carboxylic acids is 3. The van der Waals surface area contributed by atoms with E-state index in [0.29, 0.717) is 36.5 Å². The molecule has 0 bridgehead atoms. The molecule has 218 valence electrons. The minimum atomic E-state index is -4.81. The standard InChI is InChI=1S/C26H28F3N7O4S/c27-26(28,29)40-19-8-5-6-17(14-19)15-21(37)30-20-12-11-18(32-33-20)7-1-2-9-23-34-35-25(41-23)31-22(38)16-36-13-4-3-10-24(36)39/h5-6,8,11-12,14H,1-4,7,9-10,13,15-16H2,(H,30,33,37)(H,31,35,38). The van der Waals surface area contributed by atoms with Gasteiger partial charge in [0, 0.05) is 19.4 Å². The lowest BCUT2D eigenvalue weighted by Gasteiger charge is -2.25. The molecule has 0 saturated carbocycles. The molecule has 0 radical (unpaired) electrons. The highest BCUT2D eigenvalue weighted by molar-refractivity contribution is 7.15. The van der Waals surface area contributed by atoms with Gasteiger partial charge < -0.3 is 15.0 Å². The van der Waals surface area contributed by atoms with E-state index >= 15 is 0 Å². The second-order valence-electron chi connectivity index (χ2n) is 9.36. The van der Waals surface area contributed by atoms with Gasteiger partial charge in [0.2, 0.25) is 22.9 Å². The van der Waals surface area contributed by atoms with Gasteiger partial charge >= 0.3 is 6.36 Å². The van der Waals surface area contributed by atoms with Crippen LogP contribution in [0.25, 0.3) is 0 Å². The van der Waals surface area contributed by atoms with Crippen LogP contribution in [0.15, 0.2) is 36.4 Å². The van der Waals surface area contributed by atoms with E-state index in [1.807, 2.05) is 0 Å². The Morgan fingerprint density at radius 2 is 1.80 bits per heavy atom. The molecule has 0 atom stereocenters. The number of rotatable bonds is 12. The third-order valence-electron chi connectivity index (χ3n) is 6.03. The normalized spacial score (nSPS) is 13.6. The number of unbranched alkanes of at least 4 members (excludes halogenated alkanes) is 1. The van der Waals surface area contributed by atoms with Crippen LogP contribution < -0.4 is 15.4 Å². The fourth-order valence-corrected chi connectivity index (χ4v) is 4.93. The smallest absolute Gasteiger partial charge is 0.406 e. The number of alkyl halides is 3. The van der Waals surface area contributed by atoms with Crippen LogP contribution >= 0.6 is 11.3 Å². The van der Waals surface area contributed by atoms with Gasteiger partial charge in [-0.1, -0.05) is 23.5 Å². The van der Waals surface area contributed by atoms with Gasteiger partial charge in [0.15, 0.2) is 5.82 Å². The molecule has 1 saturated heterocycles. The molecule has 2 aromatic heterocycles. The summed E-state index contributed by atoms with van der Waals surface area (Å²) in [5.74, 6) is -0.909. The molecular formula is C26H28F3N7O4S. The third-order valence-corrected chi connectivity index (χ3v) is 6.93. The lowest BCUT2D eigenvalue weighted by atomic mass is 10.1. The van der Waals surface area contributed by atoms with Gasteiger partial charge in [0.1, 0.15) is 10.8 Å². The number of ether oxygens (including phenoxy) is 1. The number of hydrogen-bond acceptors (Lipinski definition) is 9. The minimum absolute atomic E-state index is 0.00329. The predicted octanol–water partition coefficient (Wildman–Crippen LogP) is 3.92. The summed E-state index contributed by atoms with van der Waals surface area (Å²) in [5, 5.41) is 22.7. The Labute approximate surface area is 237 Å². The first-order valence-electron chi connectivity index (χ1n) is 13.0. The second kappa shape index (κ2) is 14.0. The predicted molar refractivity (Wildman–Crippen MR) is 143 cm³/mol. The number of likely N-dealkylation sites (tertiary alicyclic amines) is 1. The maximum absolute atomic E-state index is 12.4. The summed E-state index contributed by atoms with van der Waals surface area (Å²) in [6.45, 7) is 0.614. The Kier molecular flexibility index (Phi) is 10.2. The van der Waals surface area contributed by atoms with Crippen molar-refractivity contribution in [1.29, 1.82) is 0 Å². The Morgan fingerprint density at radius 3 is 2.56 bits per heavy atom. The van der Waals surface area contributed by atoms with E-state index in [1.165, 1.54) is 23.5 Å². The van der Waals surface area contributed by atoms with Crippen molar-refractivity contribution in [3.8, 4) is 5.75 Å². The molecule has 41 heavy (non-hydrogen) atoms. The zero-order valence-corrected chi connectivity index (χ0v) is 22.8. The molecule has 11 nitrogen and oxygen atoms in total. The van der Waals surface area contributed by atoms with Crippen molar-refractivity contribution in [3.63, 3.8) is 0 Å². The molecule has 1 fully saturated rings. The van der Waals surface area contributed by atoms with Crippen molar-refractivity contribution >= 4 is 40.0 Å². The highest BCUT2D eigenvalue weighted by Gasteiger charge is 2.31. The summed E-state index contributed by atoms with van der Waals surface area (Å²) >= 11 is 1.30. The number of carbonyl (C=O) groups is 3. The molecule has 0 unspecified atom stereocenters. The Balaban J connectivity index is 1.14. The van der Waals surface area contributed by atoms with E-state index in [1.54, 1.807) is 17.0 Å². The quantitative estimate of drug-likeness (QED) is 0.302. The summed E-state index contributed by atoms with van der Waals surface area (Å²) < 4.78 is 41.1. The van der Waals surface area contributed by atoms with Gasteiger partial charge in [-0.3, -0.25) is 19.7 Å². The number of hydrogen-bond donors (Lipinski definition) is 2. The van der Waals surface area contributed by atoms with Gasteiger partial charge in [-0.15, -0.1) is 28.5 Å². The van der Waals surface area contributed by atoms with Gasteiger partial charge in [0.05, 0.1) is 18.7 Å². The fourth-order valence-electron chi connectivity index (χ4n) is 4.13. The molecular weight excluding hydrogens is 563 g/mol. The molecule has 3 aromatic rings. The van der Waals surface area contributed by atoms with Crippen LogP contribution in [0.2, 0.25) is 0 Å². The van der Waals surface area contributed by atoms with Crippen LogP contribution in [0.5, 0.6) is 5.75 Å². The lowest BCUT2D eigenvalue weighted by molar-refractivity contribution is -0.274. The molecule has 1 aliphatic heterocycles. The van der Waals surface area contributed by atoms with Crippen molar-refractivity contribution in [1.82, 2.24) is 25.3 Å². The van der Waals surface area contributed by atoms with Gasteiger partial charge in [-0.25, -0.2) is 0 Å². The van der Waals surface area contributed by atoms with Crippen molar-refractivity contribution in [3.05, 3.63) is 52.7 Å². The Morgan fingerprint density at radius 1 is 0.976 bits per heavy atom. The molecule has 0 spiro atoms. The monoisotopic (exact) mass is 591 g/mol. The first kappa shape index (κ1) is 29.8. The van der Waals surface area contributed by atoms with Crippen LogP contribution in [0, 0.1) is 0 Å². The number of aromatic nitrogens is 4. The molecule has 4 rings (SSSR count). The highest BCUT2D eigenvalue weighted by atomic mass is 32.1. The average molecular weight is 592 g/mol. The average Bonchev–Trinajstić information content (AvgIpc) is 3.35. The molecule has 15 heteroatoms. The molecule has 0 aliphatic carbocycles. The van der Waals surface area contributed by atoms with Crippen molar-refractivity contribution in [2.45, 2.75) is 57.7 Å². The maximum atomic E-state index is 12.4. The largest absolute Gasteiger partial charge is 0.573 e. The van der Waals surface area contributed by atoms with Crippen LogP contribution in [0.4, 0.5) is 24.1 Å². The number of piperidine rings is 1. The van der Waals surface area contributed by atoms with Crippen LogP contribution in [-0.4, -0.2) is 62.5 Å². The van der Waals surface area contributed by atoms with E-state index in [2.05, 4.69) is 35.8 Å². The Hall–Kier alpha value is -4.14. The first-order chi connectivity index (χ1) is 19.6. The van der Waals surface area contributed by atoms with Crippen LogP contribution in [0.1, 0.15) is 48.4 Å². The van der Waals surface area contributed by atoms with Gasteiger partial charge in [-0.2, -0.15) is 5.10 Å². The number of nitrogens with one attached hydrogen (secondary N) is 2. The summed E-state index contributed by atoms with van der Waals surface area (Å²) in [6.07, 6.45) is 0.211. The third kappa shape index (κ3) is 10.1. The summed E-state index contributed by atoms with van der Waals surface area (Å²) in [4.78, 5) is 37.9. The molecule has 3 amide bonds. The van der Waals surface area contributed by atoms with Crippen molar-refractivity contribution in [2.75, 3.05) is 23.7 Å². The highest BCUT2D eigenvalue weighted by Crippen LogP contribution is 2.24. The fraction of sp³-hybridized carbons (Fsp3) is 0.423. The van der Waals surface area contributed by atoms with Gasteiger partial charge in [-0.05, 0) is 61.9 Å². The summed E-state index contributed by atoms with van der Waals surface area (Å²) in [7, 11) is 0. The SMILES string of the molecule is O=C(Cc1cccc(OC(F)(F)F)c1)Nc1ccc(CCCCc2nnc(NC(=O)CN3CCCCC3=O)s2)nn1. The topological polar surface area (TPSA) is 139 Å². The number of anilines is 2. The zero-order chi connectivity index (χ0) is 29.2. The number of halogens is 3. The van der Waals surface area contributed by atoms with Crippen molar-refractivity contribution in [2.24, 2.45) is 0 Å². The van der Waals surface area contributed by atoms with E-state index in [9.17, 15) is 27.6 Å². The van der Waals surface area contributed by atoms with E-state index in [-0.39, 0.29) is 30.6 Å². The minimum Gasteiger partial charge on any atom is -0.406 e.